The van der Waals surface area contributed by atoms with Gasteiger partial charge in [-0.15, -0.1) is 24.0 Å². The number of piperidine rings is 1. The zero-order chi connectivity index (χ0) is 19.6. The minimum Gasteiger partial charge on any atom is -0.494 e. The average molecular weight is 508 g/mol. The van der Waals surface area contributed by atoms with E-state index in [1.165, 1.54) is 11.1 Å². The lowest BCUT2D eigenvalue weighted by Crippen LogP contribution is -2.48. The molecule has 1 fully saturated rings. The first-order valence-corrected chi connectivity index (χ1v) is 10.2. The summed E-state index contributed by atoms with van der Waals surface area (Å²) in [6.45, 7) is 6.68. The molecule has 0 amide bonds. The third kappa shape index (κ3) is 7.85. The molecule has 0 atom stereocenters. The quantitative estimate of drug-likeness (QED) is 0.337. The van der Waals surface area contributed by atoms with Gasteiger partial charge in [0.1, 0.15) is 5.75 Å². The highest BCUT2D eigenvalue weighted by Crippen LogP contribution is 2.15. The second-order valence-corrected chi connectivity index (χ2v) is 7.19. The van der Waals surface area contributed by atoms with Gasteiger partial charge in [-0.3, -0.25) is 9.89 Å². The van der Waals surface area contributed by atoms with Crippen LogP contribution >= 0.6 is 24.0 Å². The number of nitrogens with one attached hydrogen (secondary N) is 2. The zero-order valence-corrected chi connectivity index (χ0v) is 19.8. The van der Waals surface area contributed by atoms with E-state index < -0.39 is 0 Å². The van der Waals surface area contributed by atoms with E-state index in [9.17, 15) is 0 Å². The molecule has 2 N–H and O–H groups in total. The number of guanidine groups is 1. The number of likely N-dealkylation sites (tertiary alicyclic amines) is 1. The van der Waals surface area contributed by atoms with Crippen LogP contribution in [0.15, 0.2) is 59.6 Å². The van der Waals surface area contributed by atoms with Crippen molar-refractivity contribution in [1.82, 2.24) is 15.5 Å². The summed E-state index contributed by atoms with van der Waals surface area (Å²) < 4.78 is 5.58. The van der Waals surface area contributed by atoms with E-state index >= 15 is 0 Å². The first kappa shape index (κ1) is 23.5. The van der Waals surface area contributed by atoms with Gasteiger partial charge in [0.2, 0.25) is 0 Å². The summed E-state index contributed by atoms with van der Waals surface area (Å²) in [7, 11) is 1.83. The van der Waals surface area contributed by atoms with Gasteiger partial charge >= 0.3 is 0 Å². The molecule has 29 heavy (non-hydrogen) atoms. The third-order valence-electron chi connectivity index (χ3n) is 5.07. The van der Waals surface area contributed by atoms with Crippen LogP contribution in [-0.4, -0.2) is 43.6 Å². The Morgan fingerprint density at radius 3 is 2.48 bits per heavy atom. The number of benzene rings is 2. The van der Waals surface area contributed by atoms with Gasteiger partial charge in [0.05, 0.1) is 6.61 Å². The van der Waals surface area contributed by atoms with Crippen molar-refractivity contribution < 1.29 is 4.74 Å². The average Bonchev–Trinajstić information content (AvgIpc) is 2.74. The first-order valence-electron chi connectivity index (χ1n) is 10.2. The standard InChI is InChI=1S/C23H32N4O.HI/c1-3-28-22-11-7-10-20(16-22)17-25-23(24-2)26-21-12-14-27(15-13-21)18-19-8-5-4-6-9-19;/h4-11,16,21H,3,12-15,17-18H2,1-2H3,(H2,24,25,26);1H. The molecule has 3 rings (SSSR count). The van der Waals surface area contributed by atoms with E-state index in [1.54, 1.807) is 0 Å². The summed E-state index contributed by atoms with van der Waals surface area (Å²) in [5.74, 6) is 1.78. The Bertz CT molecular complexity index is 746. The Balaban J connectivity index is 0.00000300. The molecule has 1 aliphatic heterocycles. The Hall–Kier alpha value is -1.80. The van der Waals surface area contributed by atoms with Gasteiger partial charge in [0.25, 0.3) is 0 Å². The molecule has 0 aliphatic carbocycles. The molecular weight excluding hydrogens is 475 g/mol. The van der Waals surface area contributed by atoms with Crippen molar-refractivity contribution >= 4 is 29.9 Å². The molecule has 5 nitrogen and oxygen atoms in total. The predicted octanol–water partition coefficient (Wildman–Crippen LogP) is 4.03. The van der Waals surface area contributed by atoms with Gasteiger partial charge in [-0.25, -0.2) is 0 Å². The van der Waals surface area contributed by atoms with Crippen LogP contribution in [0.1, 0.15) is 30.9 Å². The molecular formula is C23H33IN4O. The van der Waals surface area contributed by atoms with E-state index in [1.807, 2.05) is 26.1 Å². The highest BCUT2D eigenvalue weighted by molar-refractivity contribution is 14.0. The van der Waals surface area contributed by atoms with Gasteiger partial charge in [0.15, 0.2) is 5.96 Å². The Morgan fingerprint density at radius 1 is 1.07 bits per heavy atom. The van der Waals surface area contributed by atoms with Crippen molar-refractivity contribution in [3.8, 4) is 5.75 Å². The number of hydrogen-bond donors (Lipinski definition) is 2. The summed E-state index contributed by atoms with van der Waals surface area (Å²) in [4.78, 5) is 6.92. The molecule has 2 aromatic carbocycles. The van der Waals surface area contributed by atoms with Gasteiger partial charge in [-0.2, -0.15) is 0 Å². The number of halogens is 1. The van der Waals surface area contributed by atoms with Crippen LogP contribution in [0, 0.1) is 0 Å². The zero-order valence-electron chi connectivity index (χ0n) is 17.4. The summed E-state index contributed by atoms with van der Waals surface area (Å²) in [5, 5.41) is 7.00. The van der Waals surface area contributed by atoms with Crippen LogP contribution in [-0.2, 0) is 13.1 Å². The smallest absolute Gasteiger partial charge is 0.191 e. The highest BCUT2D eigenvalue weighted by Gasteiger charge is 2.20. The fourth-order valence-electron chi connectivity index (χ4n) is 3.56. The van der Waals surface area contributed by atoms with Crippen molar-refractivity contribution in [2.45, 2.75) is 38.9 Å². The predicted molar refractivity (Wildman–Crippen MR) is 131 cm³/mol. The Morgan fingerprint density at radius 2 is 1.79 bits per heavy atom. The maximum atomic E-state index is 5.58. The fourth-order valence-corrected chi connectivity index (χ4v) is 3.56. The molecule has 1 heterocycles. The van der Waals surface area contributed by atoms with Crippen LogP contribution in [0.3, 0.4) is 0 Å². The largest absolute Gasteiger partial charge is 0.494 e. The van der Waals surface area contributed by atoms with E-state index in [0.29, 0.717) is 12.6 Å². The van der Waals surface area contributed by atoms with E-state index in [0.717, 1.165) is 50.7 Å². The molecule has 1 aliphatic rings. The lowest BCUT2D eigenvalue weighted by atomic mass is 10.0. The van der Waals surface area contributed by atoms with Crippen LogP contribution in [0.25, 0.3) is 0 Å². The van der Waals surface area contributed by atoms with Gasteiger partial charge in [0, 0.05) is 39.3 Å². The maximum absolute atomic E-state index is 5.58. The number of rotatable bonds is 7. The maximum Gasteiger partial charge on any atom is 0.191 e. The molecule has 6 heteroatoms. The molecule has 0 saturated carbocycles. The summed E-state index contributed by atoms with van der Waals surface area (Å²) in [5.41, 5.74) is 2.58. The first-order chi connectivity index (χ1) is 13.8. The molecule has 0 aromatic heterocycles. The molecule has 1 saturated heterocycles. The number of hydrogen-bond acceptors (Lipinski definition) is 3. The summed E-state index contributed by atoms with van der Waals surface area (Å²) in [6, 6.07) is 19.4. The Kier molecular flexibility index (Phi) is 10.3. The van der Waals surface area contributed by atoms with Crippen molar-refractivity contribution in [1.29, 1.82) is 0 Å². The van der Waals surface area contributed by atoms with Crippen LogP contribution in [0.5, 0.6) is 5.75 Å². The highest BCUT2D eigenvalue weighted by atomic mass is 127. The van der Waals surface area contributed by atoms with Crippen molar-refractivity contribution in [2.24, 2.45) is 4.99 Å². The minimum atomic E-state index is 0. The van der Waals surface area contributed by atoms with Crippen molar-refractivity contribution in [3.63, 3.8) is 0 Å². The number of nitrogens with zero attached hydrogens (tertiary/aromatic N) is 2. The lowest BCUT2D eigenvalue weighted by Gasteiger charge is -2.33. The van der Waals surface area contributed by atoms with Gasteiger partial charge in [-0.05, 0) is 43.0 Å². The van der Waals surface area contributed by atoms with Gasteiger partial charge in [-0.1, -0.05) is 42.5 Å². The number of aliphatic imine (C=N–C) groups is 1. The second-order valence-electron chi connectivity index (χ2n) is 7.19. The van der Waals surface area contributed by atoms with Crippen LogP contribution in [0.4, 0.5) is 0 Å². The van der Waals surface area contributed by atoms with E-state index in [4.69, 9.17) is 4.74 Å². The van der Waals surface area contributed by atoms with E-state index in [2.05, 4.69) is 63.0 Å². The normalized spacial score (nSPS) is 15.4. The molecule has 0 bridgehead atoms. The third-order valence-corrected chi connectivity index (χ3v) is 5.07. The van der Waals surface area contributed by atoms with Crippen LogP contribution in [0.2, 0.25) is 0 Å². The summed E-state index contributed by atoms with van der Waals surface area (Å²) in [6.07, 6.45) is 2.26. The van der Waals surface area contributed by atoms with Crippen molar-refractivity contribution in [3.05, 3.63) is 65.7 Å². The lowest BCUT2D eigenvalue weighted by molar-refractivity contribution is 0.198. The molecule has 158 valence electrons. The monoisotopic (exact) mass is 508 g/mol. The SMILES string of the molecule is CCOc1cccc(CNC(=NC)NC2CCN(Cc3ccccc3)CC2)c1.I. The molecule has 0 spiro atoms. The van der Waals surface area contributed by atoms with Crippen LogP contribution < -0.4 is 15.4 Å². The number of ether oxygens (including phenoxy) is 1. The molecule has 2 aromatic rings. The topological polar surface area (TPSA) is 48.9 Å². The summed E-state index contributed by atoms with van der Waals surface area (Å²) >= 11 is 0. The van der Waals surface area contributed by atoms with E-state index in [-0.39, 0.29) is 24.0 Å². The Labute approximate surface area is 192 Å². The second kappa shape index (κ2) is 12.7. The minimum absolute atomic E-state index is 0. The molecule has 0 radical (unpaired) electrons. The van der Waals surface area contributed by atoms with Crippen molar-refractivity contribution in [2.75, 3.05) is 26.7 Å². The molecule has 0 unspecified atom stereocenters. The fraction of sp³-hybridized carbons (Fsp3) is 0.435. The van der Waals surface area contributed by atoms with Gasteiger partial charge < -0.3 is 15.4 Å².